The highest BCUT2D eigenvalue weighted by Gasteiger charge is 2.33. The van der Waals surface area contributed by atoms with Gasteiger partial charge in [0.15, 0.2) is 0 Å². The zero-order valence-corrected chi connectivity index (χ0v) is 10.7. The molecule has 1 fully saturated rings. The molecule has 1 saturated heterocycles. The summed E-state index contributed by atoms with van der Waals surface area (Å²) in [7, 11) is -3.38. The summed E-state index contributed by atoms with van der Waals surface area (Å²) in [5, 5.41) is 10.8. The summed E-state index contributed by atoms with van der Waals surface area (Å²) in [4.78, 5) is 12.0. The number of anilines is 1. The number of carbonyl (C=O) groups excluding carboxylic acids is 1. The van der Waals surface area contributed by atoms with Crippen molar-refractivity contribution < 1.29 is 18.3 Å². The van der Waals surface area contributed by atoms with Crippen LogP contribution in [0.5, 0.6) is 0 Å². The molecule has 0 aromatic heterocycles. The number of carboxylic acid groups (broad SMARTS) is 1. The van der Waals surface area contributed by atoms with Crippen LogP contribution in [0.2, 0.25) is 0 Å². The highest BCUT2D eigenvalue weighted by Crippen LogP contribution is 2.24. The fraction of sp³-hybridized carbons (Fsp3) is 0.364. The Kier molecular flexibility index (Phi) is 3.27. The van der Waals surface area contributed by atoms with Gasteiger partial charge in [-0.15, -0.1) is 0 Å². The molecule has 1 heterocycles. The molecule has 0 spiro atoms. The monoisotopic (exact) mass is 269 g/mol. The van der Waals surface area contributed by atoms with Crippen LogP contribution >= 0.6 is 0 Å². The molecule has 6 nitrogen and oxygen atoms in total. The number of nitrogens with zero attached hydrogens (tertiary/aromatic N) is 2. The maximum Gasteiger partial charge on any atom is 0.243 e. The third kappa shape index (κ3) is 2.32. The average molecular weight is 269 g/mol. The van der Waals surface area contributed by atoms with Gasteiger partial charge in [-0.2, -0.15) is 4.31 Å². The highest BCUT2D eigenvalue weighted by atomic mass is 32.2. The van der Waals surface area contributed by atoms with Crippen molar-refractivity contribution in [3.63, 3.8) is 0 Å². The first-order valence-corrected chi connectivity index (χ1v) is 6.99. The SMILES string of the molecule is CCN(C(=O)[O-])c1ccc(S(=O)(=O)N2CC2)cc1. The van der Waals surface area contributed by atoms with E-state index in [1.165, 1.54) is 28.6 Å². The van der Waals surface area contributed by atoms with Crippen molar-refractivity contribution in [1.82, 2.24) is 4.31 Å². The predicted molar refractivity (Wildman–Crippen MR) is 63.6 cm³/mol. The van der Waals surface area contributed by atoms with Crippen LogP contribution in [0.1, 0.15) is 6.92 Å². The zero-order chi connectivity index (χ0) is 13.3. The Morgan fingerprint density at radius 3 is 2.28 bits per heavy atom. The van der Waals surface area contributed by atoms with Gasteiger partial charge in [-0.3, -0.25) is 0 Å². The molecule has 0 bridgehead atoms. The van der Waals surface area contributed by atoms with Gasteiger partial charge in [-0.1, -0.05) is 0 Å². The topological polar surface area (TPSA) is 80.5 Å². The van der Waals surface area contributed by atoms with E-state index < -0.39 is 16.1 Å². The smallest absolute Gasteiger partial charge is 0.243 e. The van der Waals surface area contributed by atoms with Crippen LogP contribution in [0.3, 0.4) is 0 Å². The number of benzene rings is 1. The first kappa shape index (κ1) is 12.8. The fourth-order valence-electron chi connectivity index (χ4n) is 1.65. The highest BCUT2D eigenvalue weighted by molar-refractivity contribution is 7.89. The number of carbonyl (C=O) groups is 1. The largest absolute Gasteiger partial charge is 0.530 e. The lowest BCUT2D eigenvalue weighted by atomic mass is 10.3. The van der Waals surface area contributed by atoms with E-state index in [2.05, 4.69) is 0 Å². The lowest BCUT2D eigenvalue weighted by molar-refractivity contribution is -0.246. The third-order valence-electron chi connectivity index (χ3n) is 2.73. The van der Waals surface area contributed by atoms with E-state index in [0.29, 0.717) is 18.8 Å². The summed E-state index contributed by atoms with van der Waals surface area (Å²) >= 11 is 0. The molecule has 0 saturated carbocycles. The maximum atomic E-state index is 11.9. The zero-order valence-electron chi connectivity index (χ0n) is 9.87. The lowest BCUT2D eigenvalue weighted by Crippen LogP contribution is -2.41. The molecule has 1 aliphatic rings. The van der Waals surface area contributed by atoms with E-state index in [1.54, 1.807) is 6.92 Å². The van der Waals surface area contributed by atoms with Crippen molar-refractivity contribution in [2.45, 2.75) is 11.8 Å². The molecule has 18 heavy (non-hydrogen) atoms. The van der Waals surface area contributed by atoms with Gasteiger partial charge in [0.05, 0.1) is 4.90 Å². The Balaban J connectivity index is 2.27. The number of hydrogen-bond acceptors (Lipinski definition) is 4. The van der Waals surface area contributed by atoms with Gasteiger partial charge in [-0.05, 0) is 31.2 Å². The average Bonchev–Trinajstić information content (AvgIpc) is 3.14. The molecule has 0 N–H and O–H groups in total. The van der Waals surface area contributed by atoms with Crippen LogP contribution in [0.4, 0.5) is 10.5 Å². The molecule has 2 rings (SSSR count). The molecule has 0 aliphatic carbocycles. The van der Waals surface area contributed by atoms with Crippen molar-refractivity contribution in [2.24, 2.45) is 0 Å². The van der Waals surface area contributed by atoms with Crippen molar-refractivity contribution in [1.29, 1.82) is 0 Å². The minimum absolute atomic E-state index is 0.179. The first-order valence-electron chi connectivity index (χ1n) is 5.55. The Morgan fingerprint density at radius 1 is 1.33 bits per heavy atom. The van der Waals surface area contributed by atoms with Crippen LogP contribution in [-0.2, 0) is 10.0 Å². The van der Waals surface area contributed by atoms with Crippen molar-refractivity contribution in [3.05, 3.63) is 24.3 Å². The normalized spacial score (nSPS) is 15.4. The van der Waals surface area contributed by atoms with Crippen LogP contribution < -0.4 is 10.0 Å². The molecule has 7 heteroatoms. The van der Waals surface area contributed by atoms with Gasteiger partial charge in [0.1, 0.15) is 6.09 Å². The van der Waals surface area contributed by atoms with Gasteiger partial charge in [0.2, 0.25) is 10.0 Å². The van der Waals surface area contributed by atoms with E-state index in [1.807, 2.05) is 0 Å². The molecular weight excluding hydrogens is 256 g/mol. The lowest BCUT2D eigenvalue weighted by Gasteiger charge is -2.23. The molecule has 1 aromatic rings. The second-order valence-corrected chi connectivity index (χ2v) is 5.85. The van der Waals surface area contributed by atoms with Crippen LogP contribution in [-0.4, -0.2) is 38.5 Å². The van der Waals surface area contributed by atoms with Gasteiger partial charge in [0, 0.05) is 25.3 Å². The molecule has 1 aromatic carbocycles. The quantitative estimate of drug-likeness (QED) is 0.713. The minimum atomic E-state index is -3.38. The number of amides is 1. The van der Waals surface area contributed by atoms with E-state index in [4.69, 9.17) is 0 Å². The Morgan fingerprint density at radius 2 is 1.89 bits per heavy atom. The molecule has 1 amide bonds. The Bertz CT molecular complexity index is 549. The molecule has 1 aliphatic heterocycles. The molecule has 0 radical (unpaired) electrons. The summed E-state index contributed by atoms with van der Waals surface area (Å²) in [5.41, 5.74) is 0.405. The van der Waals surface area contributed by atoms with Gasteiger partial charge >= 0.3 is 0 Å². The van der Waals surface area contributed by atoms with E-state index in [-0.39, 0.29) is 11.4 Å². The molecular formula is C11H13N2O4S-. The van der Waals surface area contributed by atoms with Gasteiger partial charge in [0.25, 0.3) is 0 Å². The molecule has 98 valence electrons. The predicted octanol–water partition coefficient (Wildman–Crippen LogP) is -0.140. The first-order chi connectivity index (χ1) is 8.46. The number of rotatable bonds is 4. The second kappa shape index (κ2) is 4.58. The summed E-state index contributed by atoms with van der Waals surface area (Å²) in [5.74, 6) is 0. The van der Waals surface area contributed by atoms with Gasteiger partial charge < -0.3 is 14.8 Å². The van der Waals surface area contributed by atoms with E-state index in [9.17, 15) is 18.3 Å². The van der Waals surface area contributed by atoms with Crippen LogP contribution in [0, 0.1) is 0 Å². The van der Waals surface area contributed by atoms with E-state index >= 15 is 0 Å². The van der Waals surface area contributed by atoms with Crippen molar-refractivity contribution in [2.75, 3.05) is 24.5 Å². The van der Waals surface area contributed by atoms with Crippen molar-refractivity contribution in [3.8, 4) is 0 Å². The summed E-state index contributed by atoms with van der Waals surface area (Å²) < 4.78 is 25.1. The fourth-order valence-corrected chi connectivity index (χ4v) is 2.99. The van der Waals surface area contributed by atoms with Crippen LogP contribution in [0.25, 0.3) is 0 Å². The van der Waals surface area contributed by atoms with Gasteiger partial charge in [-0.25, -0.2) is 8.42 Å². The molecule has 0 atom stereocenters. The second-order valence-electron chi connectivity index (χ2n) is 3.91. The third-order valence-corrected chi connectivity index (χ3v) is 4.64. The summed E-state index contributed by atoms with van der Waals surface area (Å²) in [6, 6.07) is 5.76. The number of sulfonamides is 1. The molecule has 0 unspecified atom stereocenters. The summed E-state index contributed by atoms with van der Waals surface area (Å²) in [6.45, 7) is 3.02. The Hall–Kier alpha value is -1.60. The Labute approximate surface area is 105 Å². The maximum absolute atomic E-state index is 11.9. The van der Waals surface area contributed by atoms with Crippen LogP contribution in [0.15, 0.2) is 29.2 Å². The summed E-state index contributed by atoms with van der Waals surface area (Å²) in [6.07, 6.45) is -1.31. The number of hydrogen-bond donors (Lipinski definition) is 0. The van der Waals surface area contributed by atoms with Crippen molar-refractivity contribution >= 4 is 21.8 Å². The minimum Gasteiger partial charge on any atom is -0.530 e. The van der Waals surface area contributed by atoms with E-state index in [0.717, 1.165) is 4.90 Å². The standard InChI is InChI=1S/C11H14N2O4S/c1-2-13(11(14)15)9-3-5-10(6-4-9)18(16,17)12-7-8-12/h3-6H,2,7-8H2,1H3,(H,14,15)/p-1.